The van der Waals surface area contributed by atoms with E-state index in [-0.39, 0.29) is 5.91 Å². The molecule has 0 fully saturated rings. The van der Waals surface area contributed by atoms with Crippen LogP contribution in [0.25, 0.3) is 0 Å². The number of anilines is 2. The van der Waals surface area contributed by atoms with E-state index >= 15 is 0 Å². The van der Waals surface area contributed by atoms with Crippen LogP contribution in [0.4, 0.5) is 11.5 Å². The first-order chi connectivity index (χ1) is 9.11. The van der Waals surface area contributed by atoms with Gasteiger partial charge in [0, 0.05) is 19.3 Å². The molecule has 2 heterocycles. The second-order valence-corrected chi connectivity index (χ2v) is 4.64. The van der Waals surface area contributed by atoms with E-state index in [2.05, 4.69) is 23.8 Å². The number of hydrogen-bond acceptors (Lipinski definition) is 3. The highest BCUT2D eigenvalue weighted by Gasteiger charge is 2.20. The summed E-state index contributed by atoms with van der Waals surface area (Å²) in [4.78, 5) is 22.0. The van der Waals surface area contributed by atoms with Gasteiger partial charge in [0.05, 0.1) is 11.9 Å². The minimum atomic E-state index is -0.0754. The zero-order valence-corrected chi connectivity index (χ0v) is 11.4. The maximum absolute atomic E-state index is 12.0. The van der Waals surface area contributed by atoms with E-state index < -0.39 is 0 Å². The van der Waals surface area contributed by atoms with Gasteiger partial charge in [0.15, 0.2) is 0 Å². The van der Waals surface area contributed by atoms with E-state index in [1.54, 1.807) is 23.5 Å². The zero-order chi connectivity index (χ0) is 13.8. The van der Waals surface area contributed by atoms with Crippen molar-refractivity contribution in [3.63, 3.8) is 0 Å². The van der Waals surface area contributed by atoms with Gasteiger partial charge in [0.2, 0.25) is 5.91 Å². The Kier molecular flexibility index (Phi) is 3.90. The third-order valence-corrected chi connectivity index (χ3v) is 2.87. The molecule has 4 heteroatoms. The molecule has 2 aromatic rings. The fourth-order valence-electron chi connectivity index (χ4n) is 1.99. The molecule has 2 rings (SSSR count). The summed E-state index contributed by atoms with van der Waals surface area (Å²) in [6.45, 7) is 5.70. The van der Waals surface area contributed by atoms with Crippen LogP contribution in [0.5, 0.6) is 0 Å². The number of rotatable bonds is 3. The van der Waals surface area contributed by atoms with Crippen molar-refractivity contribution in [2.45, 2.75) is 26.7 Å². The highest BCUT2D eigenvalue weighted by molar-refractivity contribution is 5.98. The molecule has 2 aromatic heterocycles. The maximum Gasteiger partial charge on any atom is 0.229 e. The van der Waals surface area contributed by atoms with Gasteiger partial charge in [0.1, 0.15) is 5.82 Å². The van der Waals surface area contributed by atoms with Crippen molar-refractivity contribution >= 4 is 17.4 Å². The van der Waals surface area contributed by atoms with Crippen molar-refractivity contribution in [3.05, 3.63) is 48.4 Å². The van der Waals surface area contributed by atoms with Gasteiger partial charge >= 0.3 is 0 Å². The van der Waals surface area contributed by atoms with Crippen molar-refractivity contribution in [3.8, 4) is 0 Å². The Hall–Kier alpha value is -2.23. The maximum atomic E-state index is 12.0. The van der Waals surface area contributed by atoms with Crippen LogP contribution in [0.3, 0.4) is 0 Å². The second-order valence-electron chi connectivity index (χ2n) is 4.64. The number of amides is 1. The van der Waals surface area contributed by atoms with Crippen LogP contribution in [-0.2, 0) is 4.79 Å². The van der Waals surface area contributed by atoms with Crippen LogP contribution in [-0.4, -0.2) is 15.9 Å². The van der Waals surface area contributed by atoms with Crippen LogP contribution in [0.1, 0.15) is 32.3 Å². The van der Waals surface area contributed by atoms with E-state index in [1.807, 2.05) is 24.3 Å². The number of nitrogens with zero attached hydrogens (tertiary/aromatic N) is 3. The van der Waals surface area contributed by atoms with E-state index in [4.69, 9.17) is 0 Å². The summed E-state index contributed by atoms with van der Waals surface area (Å²) in [5.41, 5.74) is 1.78. The van der Waals surface area contributed by atoms with Gasteiger partial charge in [-0.2, -0.15) is 0 Å². The van der Waals surface area contributed by atoms with E-state index in [0.717, 1.165) is 11.3 Å². The standard InChI is InChI=1S/C15H17N3O/c1-11(2)14-7-5-9-17-15(14)18(12(3)19)13-6-4-8-16-10-13/h4-11H,1-3H3. The summed E-state index contributed by atoms with van der Waals surface area (Å²) >= 11 is 0. The second kappa shape index (κ2) is 5.61. The third kappa shape index (κ3) is 2.78. The van der Waals surface area contributed by atoms with Gasteiger partial charge in [-0.15, -0.1) is 0 Å². The summed E-state index contributed by atoms with van der Waals surface area (Å²) in [6.07, 6.45) is 5.05. The van der Waals surface area contributed by atoms with Crippen LogP contribution >= 0.6 is 0 Å². The lowest BCUT2D eigenvalue weighted by molar-refractivity contribution is -0.115. The minimum absolute atomic E-state index is 0.0754. The summed E-state index contributed by atoms with van der Waals surface area (Å²) in [7, 11) is 0. The Balaban J connectivity index is 2.55. The molecule has 0 spiro atoms. The lowest BCUT2D eigenvalue weighted by atomic mass is 10.0. The third-order valence-electron chi connectivity index (χ3n) is 2.87. The number of carbonyl (C=O) groups is 1. The first kappa shape index (κ1) is 13.2. The molecule has 0 N–H and O–H groups in total. The Morgan fingerprint density at radius 3 is 2.53 bits per heavy atom. The molecule has 0 aliphatic carbocycles. The minimum Gasteiger partial charge on any atom is -0.274 e. The van der Waals surface area contributed by atoms with Crippen LogP contribution in [0.15, 0.2) is 42.9 Å². The predicted octanol–water partition coefficient (Wildman–Crippen LogP) is 3.28. The highest BCUT2D eigenvalue weighted by atomic mass is 16.2. The van der Waals surface area contributed by atoms with Gasteiger partial charge in [0.25, 0.3) is 0 Å². The lowest BCUT2D eigenvalue weighted by Crippen LogP contribution is -2.25. The van der Waals surface area contributed by atoms with Crippen molar-refractivity contribution in [1.82, 2.24) is 9.97 Å². The molecule has 0 bridgehead atoms. The van der Waals surface area contributed by atoms with Crippen molar-refractivity contribution in [2.24, 2.45) is 0 Å². The van der Waals surface area contributed by atoms with Gasteiger partial charge in [-0.1, -0.05) is 19.9 Å². The molecule has 98 valence electrons. The molecule has 1 amide bonds. The molecule has 0 unspecified atom stereocenters. The van der Waals surface area contributed by atoms with Gasteiger partial charge in [-0.05, 0) is 29.7 Å². The highest BCUT2D eigenvalue weighted by Crippen LogP contribution is 2.30. The SMILES string of the molecule is CC(=O)N(c1cccnc1)c1ncccc1C(C)C. The fourth-order valence-corrected chi connectivity index (χ4v) is 1.99. The van der Waals surface area contributed by atoms with Gasteiger partial charge in [-0.3, -0.25) is 14.7 Å². The van der Waals surface area contributed by atoms with Crippen LogP contribution in [0.2, 0.25) is 0 Å². The smallest absolute Gasteiger partial charge is 0.229 e. The molecule has 4 nitrogen and oxygen atoms in total. The largest absolute Gasteiger partial charge is 0.274 e. The first-order valence-electron chi connectivity index (χ1n) is 6.27. The number of hydrogen-bond donors (Lipinski definition) is 0. The summed E-state index contributed by atoms with van der Waals surface area (Å²) in [6, 6.07) is 7.55. The van der Waals surface area contributed by atoms with Crippen molar-refractivity contribution in [2.75, 3.05) is 4.90 Å². The van der Waals surface area contributed by atoms with E-state index in [1.165, 1.54) is 6.92 Å². The Labute approximate surface area is 113 Å². The molecule has 0 radical (unpaired) electrons. The molecule has 0 aliphatic heterocycles. The van der Waals surface area contributed by atoms with Gasteiger partial charge < -0.3 is 0 Å². The van der Waals surface area contributed by atoms with Crippen LogP contribution < -0.4 is 4.90 Å². The van der Waals surface area contributed by atoms with Gasteiger partial charge in [-0.25, -0.2) is 4.98 Å². The Bertz CT molecular complexity index is 567. The topological polar surface area (TPSA) is 46.1 Å². The number of aromatic nitrogens is 2. The number of carbonyl (C=O) groups excluding carboxylic acids is 1. The monoisotopic (exact) mass is 255 g/mol. The first-order valence-corrected chi connectivity index (χ1v) is 6.27. The van der Waals surface area contributed by atoms with Crippen molar-refractivity contribution < 1.29 is 4.79 Å². The summed E-state index contributed by atoms with van der Waals surface area (Å²) < 4.78 is 0. The van der Waals surface area contributed by atoms with E-state index in [0.29, 0.717) is 11.7 Å². The molecular formula is C15H17N3O. The predicted molar refractivity (Wildman–Crippen MR) is 75.4 cm³/mol. The molecule has 0 aromatic carbocycles. The average molecular weight is 255 g/mol. The molecule has 0 atom stereocenters. The lowest BCUT2D eigenvalue weighted by Gasteiger charge is -2.23. The molecule has 19 heavy (non-hydrogen) atoms. The number of pyridine rings is 2. The molecular weight excluding hydrogens is 238 g/mol. The quantitative estimate of drug-likeness (QED) is 0.845. The molecule has 0 saturated heterocycles. The Morgan fingerprint density at radius 1 is 1.21 bits per heavy atom. The Morgan fingerprint density at radius 2 is 1.95 bits per heavy atom. The normalized spacial score (nSPS) is 10.5. The van der Waals surface area contributed by atoms with Crippen molar-refractivity contribution in [1.29, 1.82) is 0 Å². The fraction of sp³-hybridized carbons (Fsp3) is 0.267. The van der Waals surface area contributed by atoms with E-state index in [9.17, 15) is 4.79 Å². The average Bonchev–Trinajstić information content (AvgIpc) is 2.40. The summed E-state index contributed by atoms with van der Waals surface area (Å²) in [5.74, 6) is 0.897. The molecule has 0 saturated carbocycles. The molecule has 0 aliphatic rings. The van der Waals surface area contributed by atoms with Crippen LogP contribution in [0, 0.1) is 0 Å². The zero-order valence-electron chi connectivity index (χ0n) is 11.4. The summed E-state index contributed by atoms with van der Waals surface area (Å²) in [5, 5.41) is 0.